The molecular weight excluding hydrogens is 172 g/mol. The largest absolute Gasteiger partial charge is 0.265 e. The van der Waals surface area contributed by atoms with Crippen molar-refractivity contribution in [1.82, 2.24) is 9.78 Å². The summed E-state index contributed by atoms with van der Waals surface area (Å²) < 4.78 is 2.03. The lowest BCUT2D eigenvalue weighted by atomic mass is 10.2. The second kappa shape index (κ2) is 3.66. The molecule has 2 rings (SSSR count). The van der Waals surface area contributed by atoms with Gasteiger partial charge in [0, 0.05) is 5.69 Å². The van der Waals surface area contributed by atoms with E-state index < -0.39 is 0 Å². The first-order chi connectivity index (χ1) is 6.77. The molecule has 0 radical (unpaired) electrons. The monoisotopic (exact) mass is 186 g/mol. The van der Waals surface area contributed by atoms with E-state index in [2.05, 4.69) is 43.2 Å². The molecular formula is C12H14N2. The predicted molar refractivity (Wildman–Crippen MR) is 57.2 cm³/mol. The van der Waals surface area contributed by atoms with Crippen LogP contribution in [0.2, 0.25) is 0 Å². The molecule has 0 saturated heterocycles. The highest BCUT2D eigenvalue weighted by molar-refractivity contribution is 5.18. The highest BCUT2D eigenvalue weighted by Gasteiger charge is 2.01. The summed E-state index contributed by atoms with van der Waals surface area (Å²) in [6, 6.07) is 10.4. The minimum atomic E-state index is 0.862. The van der Waals surface area contributed by atoms with Gasteiger partial charge >= 0.3 is 0 Å². The molecule has 2 aromatic rings. The van der Waals surface area contributed by atoms with E-state index in [4.69, 9.17) is 0 Å². The molecule has 0 saturated carbocycles. The van der Waals surface area contributed by atoms with Crippen molar-refractivity contribution in [2.75, 3.05) is 0 Å². The number of aromatic nitrogens is 2. The van der Waals surface area contributed by atoms with Crippen molar-refractivity contribution in [2.45, 2.75) is 20.4 Å². The summed E-state index contributed by atoms with van der Waals surface area (Å²) in [5.41, 5.74) is 3.79. The normalized spacial score (nSPS) is 10.4. The average molecular weight is 186 g/mol. The highest BCUT2D eigenvalue weighted by Crippen LogP contribution is 2.08. The quantitative estimate of drug-likeness (QED) is 0.704. The van der Waals surface area contributed by atoms with Gasteiger partial charge in [-0.05, 0) is 25.0 Å². The Morgan fingerprint density at radius 2 is 1.86 bits per heavy atom. The number of hydrogen-bond donors (Lipinski definition) is 0. The minimum Gasteiger partial charge on any atom is -0.265 e. The second-order valence-corrected chi connectivity index (χ2v) is 3.56. The van der Waals surface area contributed by atoms with Crippen molar-refractivity contribution in [3.63, 3.8) is 0 Å². The lowest BCUT2D eigenvalue weighted by molar-refractivity contribution is 0.664. The molecule has 1 aromatic carbocycles. The van der Waals surface area contributed by atoms with Crippen molar-refractivity contribution in [1.29, 1.82) is 0 Å². The van der Waals surface area contributed by atoms with Crippen LogP contribution < -0.4 is 0 Å². The van der Waals surface area contributed by atoms with E-state index in [0.717, 1.165) is 6.54 Å². The molecule has 72 valence electrons. The zero-order valence-electron chi connectivity index (χ0n) is 8.57. The molecule has 1 heterocycles. The standard InChI is InChI=1S/C12H14N2/c1-10-8-13-14(11(10)2)9-12-6-4-3-5-7-12/h3-8H,9H2,1-2H3. The van der Waals surface area contributed by atoms with Crippen LogP contribution in [0.1, 0.15) is 16.8 Å². The van der Waals surface area contributed by atoms with Crippen LogP contribution in [0.3, 0.4) is 0 Å². The first kappa shape index (κ1) is 9.00. The molecule has 0 aliphatic heterocycles. The zero-order chi connectivity index (χ0) is 9.97. The van der Waals surface area contributed by atoms with Crippen molar-refractivity contribution in [2.24, 2.45) is 0 Å². The second-order valence-electron chi connectivity index (χ2n) is 3.56. The Labute approximate surface area is 84.2 Å². The minimum absolute atomic E-state index is 0.862. The van der Waals surface area contributed by atoms with Gasteiger partial charge in [-0.3, -0.25) is 4.68 Å². The molecule has 0 amide bonds. The van der Waals surface area contributed by atoms with Crippen molar-refractivity contribution < 1.29 is 0 Å². The van der Waals surface area contributed by atoms with Crippen LogP contribution in [0.25, 0.3) is 0 Å². The van der Waals surface area contributed by atoms with E-state index in [1.165, 1.54) is 16.8 Å². The van der Waals surface area contributed by atoms with Gasteiger partial charge in [0.25, 0.3) is 0 Å². The number of benzene rings is 1. The van der Waals surface area contributed by atoms with Gasteiger partial charge in [-0.2, -0.15) is 5.10 Å². The molecule has 1 aromatic heterocycles. The number of hydrogen-bond acceptors (Lipinski definition) is 1. The van der Waals surface area contributed by atoms with E-state index in [0.29, 0.717) is 0 Å². The molecule has 0 spiro atoms. The Bertz CT molecular complexity index is 415. The Morgan fingerprint density at radius 3 is 2.43 bits per heavy atom. The maximum atomic E-state index is 4.33. The van der Waals surface area contributed by atoms with Crippen molar-refractivity contribution in [3.05, 3.63) is 53.3 Å². The van der Waals surface area contributed by atoms with Crippen molar-refractivity contribution in [3.8, 4) is 0 Å². The van der Waals surface area contributed by atoms with Crippen LogP contribution in [0.4, 0.5) is 0 Å². The SMILES string of the molecule is Cc1cnn(Cc2ccccc2)c1C. The molecule has 2 heteroatoms. The Hall–Kier alpha value is -1.57. The highest BCUT2D eigenvalue weighted by atomic mass is 15.3. The average Bonchev–Trinajstić information content (AvgIpc) is 2.52. The van der Waals surface area contributed by atoms with Crippen LogP contribution >= 0.6 is 0 Å². The molecule has 2 nitrogen and oxygen atoms in total. The molecule has 0 N–H and O–H groups in total. The molecule has 0 atom stereocenters. The summed E-state index contributed by atoms with van der Waals surface area (Å²) in [6.07, 6.45) is 1.91. The fraction of sp³-hybridized carbons (Fsp3) is 0.250. The summed E-state index contributed by atoms with van der Waals surface area (Å²) in [5.74, 6) is 0. The first-order valence-electron chi connectivity index (χ1n) is 4.80. The smallest absolute Gasteiger partial charge is 0.0662 e. The number of nitrogens with zero attached hydrogens (tertiary/aromatic N) is 2. The van der Waals surface area contributed by atoms with Gasteiger partial charge in [0.15, 0.2) is 0 Å². The van der Waals surface area contributed by atoms with Gasteiger partial charge in [0.05, 0.1) is 12.7 Å². The molecule has 0 fully saturated rings. The summed E-state index contributed by atoms with van der Waals surface area (Å²) >= 11 is 0. The first-order valence-corrected chi connectivity index (χ1v) is 4.80. The van der Waals surface area contributed by atoms with Crippen LogP contribution in [-0.2, 0) is 6.54 Å². The van der Waals surface area contributed by atoms with E-state index in [1.807, 2.05) is 16.9 Å². The lowest BCUT2D eigenvalue weighted by Gasteiger charge is -2.04. The van der Waals surface area contributed by atoms with Crippen LogP contribution in [0, 0.1) is 13.8 Å². The summed E-state index contributed by atoms with van der Waals surface area (Å²) in [7, 11) is 0. The van der Waals surface area contributed by atoms with Gasteiger partial charge < -0.3 is 0 Å². The topological polar surface area (TPSA) is 17.8 Å². The Balaban J connectivity index is 2.23. The number of rotatable bonds is 2. The third-order valence-corrected chi connectivity index (χ3v) is 2.52. The lowest BCUT2D eigenvalue weighted by Crippen LogP contribution is -2.03. The summed E-state index contributed by atoms with van der Waals surface area (Å²) in [5, 5.41) is 4.33. The fourth-order valence-corrected chi connectivity index (χ4v) is 1.46. The van der Waals surface area contributed by atoms with Crippen LogP contribution in [0.15, 0.2) is 36.5 Å². The molecule has 0 bridgehead atoms. The van der Waals surface area contributed by atoms with Gasteiger partial charge in [-0.1, -0.05) is 30.3 Å². The zero-order valence-corrected chi connectivity index (χ0v) is 8.57. The summed E-state index contributed by atoms with van der Waals surface area (Å²) in [4.78, 5) is 0. The summed E-state index contributed by atoms with van der Waals surface area (Å²) in [6.45, 7) is 5.05. The Morgan fingerprint density at radius 1 is 1.14 bits per heavy atom. The van der Waals surface area contributed by atoms with E-state index in [9.17, 15) is 0 Å². The molecule has 0 aliphatic rings. The van der Waals surface area contributed by atoms with Gasteiger partial charge in [0.1, 0.15) is 0 Å². The third-order valence-electron chi connectivity index (χ3n) is 2.52. The Kier molecular flexibility index (Phi) is 2.35. The van der Waals surface area contributed by atoms with Crippen molar-refractivity contribution >= 4 is 0 Å². The third kappa shape index (κ3) is 1.69. The fourth-order valence-electron chi connectivity index (χ4n) is 1.46. The van der Waals surface area contributed by atoms with Gasteiger partial charge in [-0.15, -0.1) is 0 Å². The number of aryl methyl sites for hydroxylation is 1. The molecule has 0 unspecified atom stereocenters. The predicted octanol–water partition coefficient (Wildman–Crippen LogP) is 2.55. The molecule has 14 heavy (non-hydrogen) atoms. The van der Waals surface area contributed by atoms with Gasteiger partial charge in [-0.25, -0.2) is 0 Å². The van der Waals surface area contributed by atoms with Gasteiger partial charge in [0.2, 0.25) is 0 Å². The maximum Gasteiger partial charge on any atom is 0.0662 e. The van der Waals surface area contributed by atoms with E-state index >= 15 is 0 Å². The van der Waals surface area contributed by atoms with E-state index in [-0.39, 0.29) is 0 Å². The van der Waals surface area contributed by atoms with E-state index in [1.54, 1.807) is 0 Å². The molecule has 0 aliphatic carbocycles. The maximum absolute atomic E-state index is 4.33. The van der Waals surface area contributed by atoms with Crippen LogP contribution in [-0.4, -0.2) is 9.78 Å². The van der Waals surface area contributed by atoms with Crippen LogP contribution in [0.5, 0.6) is 0 Å².